The van der Waals surface area contributed by atoms with E-state index in [1.807, 2.05) is 6.92 Å². The van der Waals surface area contributed by atoms with Gasteiger partial charge in [0.25, 0.3) is 5.69 Å². The molecule has 1 aliphatic rings. The second kappa shape index (κ2) is 6.55. The minimum Gasteiger partial charge on any atom is -0.337 e. The topological polar surface area (TPSA) is 83.8 Å². The lowest BCUT2D eigenvalue weighted by Gasteiger charge is -2.27. The molecule has 1 aromatic carbocycles. The third-order valence-corrected chi connectivity index (χ3v) is 4.04. The van der Waals surface area contributed by atoms with E-state index < -0.39 is 4.92 Å². The van der Waals surface area contributed by atoms with E-state index in [9.17, 15) is 19.7 Å². The van der Waals surface area contributed by atoms with E-state index in [0.29, 0.717) is 18.5 Å². The number of likely N-dealkylation sites (N-methyl/N-ethyl adjacent to an activating group) is 1. The second-order valence-corrected chi connectivity index (χ2v) is 5.45. The predicted molar refractivity (Wildman–Crippen MR) is 80.1 cm³/mol. The van der Waals surface area contributed by atoms with E-state index in [1.54, 1.807) is 24.1 Å². The van der Waals surface area contributed by atoms with E-state index in [4.69, 9.17) is 0 Å². The van der Waals surface area contributed by atoms with Gasteiger partial charge in [-0.2, -0.15) is 0 Å². The van der Waals surface area contributed by atoms with Crippen LogP contribution in [-0.4, -0.2) is 46.7 Å². The van der Waals surface area contributed by atoms with Gasteiger partial charge < -0.3 is 9.80 Å². The van der Waals surface area contributed by atoms with Gasteiger partial charge in [-0.25, -0.2) is 0 Å². The minimum absolute atomic E-state index is 0.0000744. The average Bonchev–Trinajstić information content (AvgIpc) is 2.91. The van der Waals surface area contributed by atoms with Crippen molar-refractivity contribution < 1.29 is 14.5 Å². The monoisotopic (exact) mass is 305 g/mol. The fourth-order valence-electron chi connectivity index (χ4n) is 2.48. The van der Waals surface area contributed by atoms with Crippen molar-refractivity contribution >= 4 is 17.5 Å². The van der Waals surface area contributed by atoms with Gasteiger partial charge in [-0.05, 0) is 18.9 Å². The minimum atomic E-state index is -0.457. The number of hydrogen-bond donors (Lipinski definition) is 0. The lowest BCUT2D eigenvalue weighted by molar-refractivity contribution is -0.384. The summed E-state index contributed by atoms with van der Waals surface area (Å²) in [4.78, 5) is 37.3. The Morgan fingerprint density at radius 1 is 1.50 bits per heavy atom. The van der Waals surface area contributed by atoms with Gasteiger partial charge in [-0.3, -0.25) is 19.7 Å². The molecule has 7 nitrogen and oxygen atoms in total. The fourth-order valence-corrected chi connectivity index (χ4v) is 2.48. The largest absolute Gasteiger partial charge is 0.337 e. The zero-order chi connectivity index (χ0) is 16.3. The highest BCUT2D eigenvalue weighted by atomic mass is 16.6. The van der Waals surface area contributed by atoms with E-state index in [-0.39, 0.29) is 30.1 Å². The standard InChI is InChI=1S/C15H19N3O4/c1-11(12-5-3-6-13(9-12)18(21)22)16(2)15(20)10-17-8-4-7-14(17)19/h3,5-6,9,11H,4,7-8,10H2,1-2H3/t11-/m0/s1. The van der Waals surface area contributed by atoms with Crippen LogP contribution in [0.15, 0.2) is 24.3 Å². The van der Waals surface area contributed by atoms with Gasteiger partial charge in [-0.15, -0.1) is 0 Å². The Morgan fingerprint density at radius 2 is 2.23 bits per heavy atom. The molecule has 0 aliphatic carbocycles. The molecule has 0 bridgehead atoms. The van der Waals surface area contributed by atoms with Crippen molar-refractivity contribution in [1.29, 1.82) is 0 Å². The number of carbonyl (C=O) groups is 2. The van der Waals surface area contributed by atoms with Crippen molar-refractivity contribution in [3.05, 3.63) is 39.9 Å². The van der Waals surface area contributed by atoms with E-state index >= 15 is 0 Å². The van der Waals surface area contributed by atoms with Crippen molar-refractivity contribution in [3.63, 3.8) is 0 Å². The molecule has 1 aliphatic heterocycles. The van der Waals surface area contributed by atoms with Gasteiger partial charge in [0, 0.05) is 32.1 Å². The lowest BCUT2D eigenvalue weighted by atomic mass is 10.1. The maximum atomic E-state index is 12.3. The molecular weight excluding hydrogens is 286 g/mol. The summed E-state index contributed by atoms with van der Waals surface area (Å²) in [5.41, 5.74) is 0.692. The number of hydrogen-bond acceptors (Lipinski definition) is 4. The third-order valence-electron chi connectivity index (χ3n) is 4.04. The summed E-state index contributed by atoms with van der Waals surface area (Å²) in [5, 5.41) is 10.8. The Labute approximate surface area is 128 Å². The molecule has 0 saturated carbocycles. The van der Waals surface area contributed by atoms with Crippen molar-refractivity contribution in [2.24, 2.45) is 0 Å². The van der Waals surface area contributed by atoms with Gasteiger partial charge >= 0.3 is 0 Å². The average molecular weight is 305 g/mol. The number of nitrogens with zero attached hydrogens (tertiary/aromatic N) is 3. The SMILES string of the molecule is C[C@@H](c1cccc([N+](=O)[O-])c1)N(C)C(=O)CN1CCCC1=O. The smallest absolute Gasteiger partial charge is 0.269 e. The fraction of sp³-hybridized carbons (Fsp3) is 0.467. The van der Waals surface area contributed by atoms with Crippen molar-refractivity contribution in [2.75, 3.05) is 20.1 Å². The van der Waals surface area contributed by atoms with Crippen LogP contribution in [0.3, 0.4) is 0 Å². The van der Waals surface area contributed by atoms with Crippen LogP contribution in [0.4, 0.5) is 5.69 Å². The van der Waals surface area contributed by atoms with Gasteiger partial charge in [0.2, 0.25) is 11.8 Å². The Morgan fingerprint density at radius 3 is 2.82 bits per heavy atom. The summed E-state index contributed by atoms with van der Waals surface area (Å²) in [6.07, 6.45) is 1.29. The maximum Gasteiger partial charge on any atom is 0.269 e. The molecule has 0 unspecified atom stereocenters. The van der Waals surface area contributed by atoms with Crippen LogP contribution in [0.25, 0.3) is 0 Å². The normalized spacial score (nSPS) is 15.7. The third kappa shape index (κ3) is 3.41. The Bertz CT molecular complexity index is 602. The van der Waals surface area contributed by atoms with Crippen LogP contribution in [0.5, 0.6) is 0 Å². The molecule has 1 aromatic rings. The summed E-state index contributed by atoms with van der Waals surface area (Å²) in [7, 11) is 1.65. The molecular formula is C15H19N3O4. The molecule has 0 aromatic heterocycles. The molecule has 1 atom stereocenters. The molecule has 1 fully saturated rings. The summed E-state index contributed by atoms with van der Waals surface area (Å²) < 4.78 is 0. The van der Waals surface area contributed by atoms with E-state index in [0.717, 1.165) is 6.42 Å². The summed E-state index contributed by atoms with van der Waals surface area (Å²) in [6.45, 7) is 2.49. The number of benzene rings is 1. The van der Waals surface area contributed by atoms with Crippen molar-refractivity contribution in [3.8, 4) is 0 Å². The molecule has 118 valence electrons. The zero-order valence-electron chi connectivity index (χ0n) is 12.7. The molecule has 0 spiro atoms. The van der Waals surface area contributed by atoms with Gasteiger partial charge in [-0.1, -0.05) is 12.1 Å². The number of rotatable bonds is 5. The number of amides is 2. The number of nitro benzene ring substituents is 1. The first kappa shape index (κ1) is 15.9. The second-order valence-electron chi connectivity index (χ2n) is 5.45. The lowest BCUT2D eigenvalue weighted by Crippen LogP contribution is -2.40. The first-order valence-electron chi connectivity index (χ1n) is 7.18. The van der Waals surface area contributed by atoms with Gasteiger partial charge in [0.1, 0.15) is 0 Å². The van der Waals surface area contributed by atoms with Crippen LogP contribution in [0, 0.1) is 10.1 Å². The maximum absolute atomic E-state index is 12.3. The Balaban J connectivity index is 2.06. The number of non-ortho nitro benzene ring substituents is 1. The van der Waals surface area contributed by atoms with Gasteiger partial charge in [0.15, 0.2) is 0 Å². The highest BCUT2D eigenvalue weighted by Gasteiger charge is 2.26. The Hall–Kier alpha value is -2.44. The summed E-state index contributed by atoms with van der Waals surface area (Å²) in [6, 6.07) is 5.94. The predicted octanol–water partition coefficient (Wildman–Crippen LogP) is 1.74. The first-order valence-corrected chi connectivity index (χ1v) is 7.18. The molecule has 22 heavy (non-hydrogen) atoms. The molecule has 7 heteroatoms. The molecule has 1 saturated heterocycles. The van der Waals surface area contributed by atoms with Crippen LogP contribution >= 0.6 is 0 Å². The quantitative estimate of drug-likeness (QED) is 0.612. The van der Waals surface area contributed by atoms with Crippen molar-refractivity contribution in [2.45, 2.75) is 25.8 Å². The molecule has 2 amide bonds. The Kier molecular flexibility index (Phi) is 4.75. The van der Waals surface area contributed by atoms with Crippen LogP contribution in [0.2, 0.25) is 0 Å². The van der Waals surface area contributed by atoms with Crippen molar-refractivity contribution in [1.82, 2.24) is 9.80 Å². The van der Waals surface area contributed by atoms with Crippen LogP contribution in [0.1, 0.15) is 31.4 Å². The first-order chi connectivity index (χ1) is 10.4. The van der Waals surface area contributed by atoms with Crippen LogP contribution in [-0.2, 0) is 9.59 Å². The molecule has 1 heterocycles. The van der Waals surface area contributed by atoms with Gasteiger partial charge in [0.05, 0.1) is 17.5 Å². The summed E-state index contributed by atoms with van der Waals surface area (Å²) in [5.74, 6) is -0.168. The zero-order valence-corrected chi connectivity index (χ0v) is 12.7. The molecule has 2 rings (SSSR count). The molecule has 0 N–H and O–H groups in total. The molecule has 0 radical (unpaired) electrons. The van der Waals surface area contributed by atoms with Crippen LogP contribution < -0.4 is 0 Å². The number of nitro groups is 1. The summed E-state index contributed by atoms with van der Waals surface area (Å²) >= 11 is 0. The number of carbonyl (C=O) groups excluding carboxylic acids is 2. The highest BCUT2D eigenvalue weighted by Crippen LogP contribution is 2.23. The number of likely N-dealkylation sites (tertiary alicyclic amines) is 1. The highest BCUT2D eigenvalue weighted by molar-refractivity contribution is 5.86. The van der Waals surface area contributed by atoms with E-state index in [2.05, 4.69) is 0 Å². The van der Waals surface area contributed by atoms with E-state index in [1.165, 1.54) is 17.0 Å².